The minimum atomic E-state index is 0.597. The van der Waals surface area contributed by atoms with Crippen molar-refractivity contribution in [2.24, 2.45) is 5.41 Å². The third kappa shape index (κ3) is 4.21. The summed E-state index contributed by atoms with van der Waals surface area (Å²) in [6.45, 7) is 11.2. The average Bonchev–Trinajstić information content (AvgIpc) is 3.06. The van der Waals surface area contributed by atoms with Crippen LogP contribution in [0.4, 0.5) is 0 Å². The molecule has 2 fully saturated rings. The molecule has 3 heteroatoms. The van der Waals surface area contributed by atoms with Gasteiger partial charge in [-0.3, -0.25) is 9.80 Å². The molecule has 2 aromatic rings. The van der Waals surface area contributed by atoms with E-state index in [0.29, 0.717) is 5.41 Å². The molecule has 1 spiro atoms. The molecule has 4 rings (SSSR count). The summed E-state index contributed by atoms with van der Waals surface area (Å²) in [6, 6.07) is 13.2. The zero-order valence-electron chi connectivity index (χ0n) is 16.3. The van der Waals surface area contributed by atoms with E-state index in [0.717, 1.165) is 24.6 Å². The van der Waals surface area contributed by atoms with E-state index in [1.807, 2.05) is 6.92 Å². The van der Waals surface area contributed by atoms with E-state index in [2.05, 4.69) is 53.1 Å². The van der Waals surface area contributed by atoms with Gasteiger partial charge in [-0.25, -0.2) is 0 Å². The summed E-state index contributed by atoms with van der Waals surface area (Å²) in [6.07, 6.45) is 5.44. The highest BCUT2D eigenvalue weighted by atomic mass is 16.3. The van der Waals surface area contributed by atoms with Crippen LogP contribution in [0, 0.1) is 19.3 Å². The highest BCUT2D eigenvalue weighted by molar-refractivity contribution is 5.21. The van der Waals surface area contributed by atoms with Crippen LogP contribution >= 0.6 is 0 Å². The van der Waals surface area contributed by atoms with Crippen LogP contribution in [0.15, 0.2) is 40.8 Å². The maximum Gasteiger partial charge on any atom is 0.118 e. The summed E-state index contributed by atoms with van der Waals surface area (Å²) >= 11 is 0. The predicted octanol–water partition coefficient (Wildman–Crippen LogP) is 4.77. The SMILES string of the molecule is Cc1ccc(CN2CCC3(CC2)CCN(Cc2ccc(C)o2)CC3)cc1. The van der Waals surface area contributed by atoms with E-state index >= 15 is 0 Å². The van der Waals surface area contributed by atoms with Crippen molar-refractivity contribution in [3.8, 4) is 0 Å². The van der Waals surface area contributed by atoms with Gasteiger partial charge in [-0.1, -0.05) is 29.8 Å². The smallest absolute Gasteiger partial charge is 0.118 e. The molecule has 1 aromatic carbocycles. The van der Waals surface area contributed by atoms with Crippen molar-refractivity contribution in [1.82, 2.24) is 9.80 Å². The number of hydrogen-bond donors (Lipinski definition) is 0. The molecule has 2 aliphatic rings. The van der Waals surface area contributed by atoms with E-state index in [9.17, 15) is 0 Å². The zero-order chi connectivity index (χ0) is 18.0. The number of furan rings is 1. The number of aryl methyl sites for hydroxylation is 2. The second-order valence-electron chi connectivity index (χ2n) is 8.55. The Hall–Kier alpha value is -1.58. The van der Waals surface area contributed by atoms with Crippen molar-refractivity contribution in [3.63, 3.8) is 0 Å². The van der Waals surface area contributed by atoms with E-state index in [1.165, 1.54) is 63.0 Å². The van der Waals surface area contributed by atoms with E-state index in [1.54, 1.807) is 0 Å². The van der Waals surface area contributed by atoms with Gasteiger partial charge in [0.2, 0.25) is 0 Å². The molecule has 0 N–H and O–H groups in total. The van der Waals surface area contributed by atoms with Crippen LogP contribution in [0.3, 0.4) is 0 Å². The molecule has 2 saturated heterocycles. The van der Waals surface area contributed by atoms with Crippen LogP contribution in [-0.2, 0) is 13.1 Å². The fourth-order valence-electron chi connectivity index (χ4n) is 4.61. The third-order valence-corrected chi connectivity index (χ3v) is 6.54. The Morgan fingerprint density at radius 2 is 1.35 bits per heavy atom. The minimum Gasteiger partial charge on any atom is -0.465 e. The van der Waals surface area contributed by atoms with Crippen LogP contribution < -0.4 is 0 Å². The number of benzene rings is 1. The molecular weight excluding hydrogens is 320 g/mol. The quantitative estimate of drug-likeness (QED) is 0.790. The lowest BCUT2D eigenvalue weighted by Gasteiger charge is -2.47. The summed E-state index contributed by atoms with van der Waals surface area (Å²) in [4.78, 5) is 5.22. The Balaban J connectivity index is 1.25. The maximum absolute atomic E-state index is 5.75. The van der Waals surface area contributed by atoms with Crippen molar-refractivity contribution in [2.75, 3.05) is 26.2 Å². The fraction of sp³-hybridized carbons (Fsp3) is 0.565. The highest BCUT2D eigenvalue weighted by Gasteiger charge is 2.37. The van der Waals surface area contributed by atoms with Crippen molar-refractivity contribution < 1.29 is 4.42 Å². The molecule has 3 nitrogen and oxygen atoms in total. The number of likely N-dealkylation sites (tertiary alicyclic amines) is 2. The monoisotopic (exact) mass is 352 g/mol. The molecular formula is C23H32N2O. The molecule has 0 unspecified atom stereocenters. The average molecular weight is 353 g/mol. The summed E-state index contributed by atoms with van der Waals surface area (Å²) in [5.74, 6) is 2.14. The van der Waals surface area contributed by atoms with Crippen molar-refractivity contribution >= 4 is 0 Å². The number of nitrogens with zero attached hydrogens (tertiary/aromatic N) is 2. The Morgan fingerprint density at radius 3 is 1.88 bits per heavy atom. The normalized spacial score (nSPS) is 21.3. The van der Waals surface area contributed by atoms with Crippen molar-refractivity contribution in [2.45, 2.75) is 52.6 Å². The Bertz CT molecular complexity index is 700. The molecule has 3 heterocycles. The predicted molar refractivity (Wildman–Crippen MR) is 106 cm³/mol. The standard InChI is InChI=1S/C23H32N2O/c1-19-3-6-21(7-4-19)17-24-13-9-23(10-14-24)11-15-25(16-12-23)18-22-8-5-20(2)26-22/h3-8H,9-18H2,1-2H3. The molecule has 0 amide bonds. The van der Waals surface area contributed by atoms with Crippen LogP contribution in [0.5, 0.6) is 0 Å². The third-order valence-electron chi connectivity index (χ3n) is 6.54. The lowest BCUT2D eigenvalue weighted by Crippen LogP contribution is -2.46. The Labute approximate surface area is 158 Å². The molecule has 2 aliphatic heterocycles. The van der Waals surface area contributed by atoms with Gasteiger partial charge in [-0.2, -0.15) is 0 Å². The van der Waals surface area contributed by atoms with Gasteiger partial charge in [0, 0.05) is 6.54 Å². The van der Waals surface area contributed by atoms with Crippen molar-refractivity contribution in [1.29, 1.82) is 0 Å². The lowest BCUT2D eigenvalue weighted by atomic mass is 9.71. The van der Waals surface area contributed by atoms with E-state index in [4.69, 9.17) is 4.42 Å². The van der Waals surface area contributed by atoms with Gasteiger partial charge in [0.15, 0.2) is 0 Å². The van der Waals surface area contributed by atoms with Crippen LogP contribution in [0.1, 0.15) is 48.3 Å². The first-order valence-electron chi connectivity index (χ1n) is 10.2. The van der Waals surface area contributed by atoms with Crippen molar-refractivity contribution in [3.05, 3.63) is 59.0 Å². The number of piperidine rings is 2. The first-order valence-corrected chi connectivity index (χ1v) is 10.2. The molecule has 0 atom stereocenters. The Kier molecular flexibility index (Phi) is 5.19. The van der Waals surface area contributed by atoms with Gasteiger partial charge in [0.1, 0.15) is 11.5 Å². The van der Waals surface area contributed by atoms with Crippen LogP contribution in [0.25, 0.3) is 0 Å². The maximum atomic E-state index is 5.75. The molecule has 0 saturated carbocycles. The number of hydrogen-bond acceptors (Lipinski definition) is 3. The van der Waals surface area contributed by atoms with Gasteiger partial charge < -0.3 is 4.42 Å². The molecule has 140 valence electrons. The van der Waals surface area contributed by atoms with Gasteiger partial charge in [0.25, 0.3) is 0 Å². The first kappa shape index (κ1) is 17.8. The van der Waals surface area contributed by atoms with Gasteiger partial charge >= 0.3 is 0 Å². The second-order valence-corrected chi connectivity index (χ2v) is 8.55. The second kappa shape index (κ2) is 7.58. The first-order chi connectivity index (χ1) is 12.6. The zero-order valence-corrected chi connectivity index (χ0v) is 16.3. The topological polar surface area (TPSA) is 19.6 Å². The molecule has 0 aliphatic carbocycles. The van der Waals surface area contributed by atoms with Gasteiger partial charge in [0.05, 0.1) is 6.54 Å². The molecule has 1 aromatic heterocycles. The van der Waals surface area contributed by atoms with Crippen LogP contribution in [-0.4, -0.2) is 36.0 Å². The molecule has 0 radical (unpaired) electrons. The summed E-state index contributed by atoms with van der Waals surface area (Å²) < 4.78 is 5.75. The van der Waals surface area contributed by atoms with Gasteiger partial charge in [-0.15, -0.1) is 0 Å². The minimum absolute atomic E-state index is 0.597. The highest BCUT2D eigenvalue weighted by Crippen LogP contribution is 2.41. The van der Waals surface area contributed by atoms with Gasteiger partial charge in [-0.05, 0) is 88.8 Å². The summed E-state index contributed by atoms with van der Waals surface area (Å²) in [5, 5.41) is 0. The largest absolute Gasteiger partial charge is 0.465 e. The van der Waals surface area contributed by atoms with E-state index in [-0.39, 0.29) is 0 Å². The molecule has 26 heavy (non-hydrogen) atoms. The fourth-order valence-corrected chi connectivity index (χ4v) is 4.61. The lowest BCUT2D eigenvalue weighted by molar-refractivity contribution is 0.0280. The van der Waals surface area contributed by atoms with E-state index < -0.39 is 0 Å². The number of rotatable bonds is 4. The van der Waals surface area contributed by atoms with Crippen LogP contribution in [0.2, 0.25) is 0 Å². The Morgan fingerprint density at radius 1 is 0.769 bits per heavy atom. The summed E-state index contributed by atoms with van der Waals surface area (Å²) in [5.41, 5.74) is 3.40. The molecule has 0 bridgehead atoms. The summed E-state index contributed by atoms with van der Waals surface area (Å²) in [7, 11) is 0.